The van der Waals surface area contributed by atoms with Gasteiger partial charge in [0.05, 0.1) is 6.61 Å². The highest BCUT2D eigenvalue weighted by atomic mass is 16.5. The fourth-order valence-corrected chi connectivity index (χ4v) is 1.97. The summed E-state index contributed by atoms with van der Waals surface area (Å²) in [6.45, 7) is 3.43. The third-order valence-corrected chi connectivity index (χ3v) is 2.71. The Kier molecular flexibility index (Phi) is 2.90. The standard InChI is InChI=1S/C12H15NO2/c1-2-13(10-6-4-3-5-7-10)11-8-9-15-12(11)14/h3-7,11H,2,8-9H2,1H3/t11-/m0/s1. The number of rotatable bonds is 3. The molecule has 1 aromatic carbocycles. The molecule has 3 nitrogen and oxygen atoms in total. The summed E-state index contributed by atoms with van der Waals surface area (Å²) in [5, 5.41) is 0. The molecule has 0 unspecified atom stereocenters. The van der Waals surface area contributed by atoms with E-state index in [-0.39, 0.29) is 12.0 Å². The number of anilines is 1. The van der Waals surface area contributed by atoms with Crippen LogP contribution in [0.25, 0.3) is 0 Å². The summed E-state index contributed by atoms with van der Waals surface area (Å²) in [7, 11) is 0. The molecular weight excluding hydrogens is 190 g/mol. The van der Waals surface area contributed by atoms with Crippen molar-refractivity contribution >= 4 is 11.7 Å². The number of para-hydroxylation sites is 1. The lowest BCUT2D eigenvalue weighted by molar-refractivity contribution is -0.139. The van der Waals surface area contributed by atoms with Crippen LogP contribution < -0.4 is 4.90 Å². The minimum absolute atomic E-state index is 0.0966. The number of esters is 1. The largest absolute Gasteiger partial charge is 0.464 e. The van der Waals surface area contributed by atoms with E-state index in [1.54, 1.807) is 0 Å². The van der Waals surface area contributed by atoms with Gasteiger partial charge in [-0.1, -0.05) is 18.2 Å². The smallest absolute Gasteiger partial charge is 0.328 e. The van der Waals surface area contributed by atoms with Gasteiger partial charge in [0.15, 0.2) is 0 Å². The summed E-state index contributed by atoms with van der Waals surface area (Å²) in [6, 6.07) is 9.89. The summed E-state index contributed by atoms with van der Waals surface area (Å²) in [5.74, 6) is -0.0966. The van der Waals surface area contributed by atoms with Crippen LogP contribution in [0, 0.1) is 0 Å². The summed E-state index contributed by atoms with van der Waals surface area (Å²) < 4.78 is 4.99. The first-order chi connectivity index (χ1) is 7.33. The van der Waals surface area contributed by atoms with Crippen LogP contribution >= 0.6 is 0 Å². The number of ether oxygens (including phenoxy) is 1. The van der Waals surface area contributed by atoms with E-state index >= 15 is 0 Å². The van der Waals surface area contributed by atoms with E-state index < -0.39 is 0 Å². The molecule has 2 rings (SSSR count). The van der Waals surface area contributed by atoms with Crippen LogP contribution in [0.1, 0.15) is 13.3 Å². The Bertz CT molecular complexity index is 337. The molecule has 0 bridgehead atoms. The van der Waals surface area contributed by atoms with Gasteiger partial charge >= 0.3 is 5.97 Å². The first-order valence-corrected chi connectivity index (χ1v) is 5.31. The maximum atomic E-state index is 11.5. The van der Waals surface area contributed by atoms with Crippen molar-refractivity contribution in [1.82, 2.24) is 0 Å². The fourth-order valence-electron chi connectivity index (χ4n) is 1.97. The van der Waals surface area contributed by atoms with Crippen molar-refractivity contribution in [3.8, 4) is 0 Å². The lowest BCUT2D eigenvalue weighted by Crippen LogP contribution is -2.38. The van der Waals surface area contributed by atoms with Gasteiger partial charge in [0.25, 0.3) is 0 Å². The number of hydrogen-bond donors (Lipinski definition) is 0. The van der Waals surface area contributed by atoms with Crippen LogP contribution in [0.15, 0.2) is 30.3 Å². The summed E-state index contributed by atoms with van der Waals surface area (Å²) >= 11 is 0. The zero-order valence-corrected chi connectivity index (χ0v) is 8.85. The Hall–Kier alpha value is -1.51. The molecule has 1 aromatic rings. The van der Waals surface area contributed by atoms with Crippen LogP contribution in [0.2, 0.25) is 0 Å². The quantitative estimate of drug-likeness (QED) is 0.705. The average Bonchev–Trinajstić information content (AvgIpc) is 2.68. The maximum absolute atomic E-state index is 11.5. The minimum atomic E-state index is -0.0996. The van der Waals surface area contributed by atoms with Crippen molar-refractivity contribution in [3.63, 3.8) is 0 Å². The average molecular weight is 205 g/mol. The molecule has 0 amide bonds. The van der Waals surface area contributed by atoms with Gasteiger partial charge < -0.3 is 9.64 Å². The third-order valence-electron chi connectivity index (χ3n) is 2.71. The lowest BCUT2D eigenvalue weighted by atomic mass is 10.2. The molecule has 0 radical (unpaired) electrons. The van der Waals surface area contributed by atoms with Crippen molar-refractivity contribution in [2.75, 3.05) is 18.1 Å². The highest BCUT2D eigenvalue weighted by Gasteiger charge is 2.31. The second-order valence-corrected chi connectivity index (χ2v) is 3.59. The van der Waals surface area contributed by atoms with E-state index in [1.807, 2.05) is 30.3 Å². The van der Waals surface area contributed by atoms with E-state index in [0.29, 0.717) is 6.61 Å². The topological polar surface area (TPSA) is 29.5 Å². The zero-order valence-electron chi connectivity index (χ0n) is 8.85. The van der Waals surface area contributed by atoms with Crippen LogP contribution in [0.4, 0.5) is 5.69 Å². The molecule has 0 N–H and O–H groups in total. The summed E-state index contributed by atoms with van der Waals surface area (Å²) in [4.78, 5) is 13.6. The molecule has 1 aliphatic heterocycles. The summed E-state index contributed by atoms with van der Waals surface area (Å²) in [5.41, 5.74) is 1.09. The van der Waals surface area contributed by atoms with E-state index in [4.69, 9.17) is 4.74 Å². The van der Waals surface area contributed by atoms with E-state index in [0.717, 1.165) is 18.7 Å². The minimum Gasteiger partial charge on any atom is -0.464 e. The number of likely N-dealkylation sites (N-methyl/N-ethyl adjacent to an activating group) is 1. The van der Waals surface area contributed by atoms with Crippen molar-refractivity contribution in [2.24, 2.45) is 0 Å². The van der Waals surface area contributed by atoms with Gasteiger partial charge in [-0.2, -0.15) is 0 Å². The summed E-state index contributed by atoms with van der Waals surface area (Å²) in [6.07, 6.45) is 0.793. The molecule has 1 saturated heterocycles. The molecule has 3 heteroatoms. The Morgan fingerprint density at radius 3 is 2.67 bits per heavy atom. The van der Waals surface area contributed by atoms with Gasteiger partial charge in [-0.05, 0) is 19.1 Å². The highest BCUT2D eigenvalue weighted by Crippen LogP contribution is 2.21. The molecule has 1 atom stereocenters. The molecule has 1 fully saturated rings. The zero-order chi connectivity index (χ0) is 10.7. The second-order valence-electron chi connectivity index (χ2n) is 3.59. The molecule has 15 heavy (non-hydrogen) atoms. The fraction of sp³-hybridized carbons (Fsp3) is 0.417. The second kappa shape index (κ2) is 4.34. The monoisotopic (exact) mass is 205 g/mol. The number of carbonyl (C=O) groups excluding carboxylic acids is 1. The maximum Gasteiger partial charge on any atom is 0.328 e. The van der Waals surface area contributed by atoms with Crippen LogP contribution in [0.5, 0.6) is 0 Å². The Labute approximate surface area is 89.7 Å². The molecule has 0 aliphatic carbocycles. The Balaban J connectivity index is 2.20. The van der Waals surface area contributed by atoms with Crippen molar-refractivity contribution < 1.29 is 9.53 Å². The van der Waals surface area contributed by atoms with Crippen LogP contribution in [-0.4, -0.2) is 25.2 Å². The molecule has 0 saturated carbocycles. The molecule has 80 valence electrons. The normalized spacial score (nSPS) is 20.1. The van der Waals surface area contributed by atoms with E-state index in [9.17, 15) is 4.79 Å². The Morgan fingerprint density at radius 2 is 2.13 bits per heavy atom. The molecule has 1 heterocycles. The van der Waals surface area contributed by atoms with Crippen molar-refractivity contribution in [3.05, 3.63) is 30.3 Å². The van der Waals surface area contributed by atoms with Gasteiger partial charge in [0.1, 0.15) is 6.04 Å². The predicted molar refractivity (Wildman–Crippen MR) is 58.8 cm³/mol. The first kappa shape index (κ1) is 10.0. The van der Waals surface area contributed by atoms with Crippen molar-refractivity contribution in [1.29, 1.82) is 0 Å². The van der Waals surface area contributed by atoms with Gasteiger partial charge in [-0.3, -0.25) is 0 Å². The number of cyclic esters (lactones) is 1. The molecular formula is C12H15NO2. The number of benzene rings is 1. The van der Waals surface area contributed by atoms with Crippen LogP contribution in [0.3, 0.4) is 0 Å². The van der Waals surface area contributed by atoms with Gasteiger partial charge in [0.2, 0.25) is 0 Å². The van der Waals surface area contributed by atoms with Gasteiger partial charge in [0, 0.05) is 18.7 Å². The SMILES string of the molecule is CCN(c1ccccc1)[C@H]1CCOC1=O. The van der Waals surface area contributed by atoms with Gasteiger partial charge in [-0.15, -0.1) is 0 Å². The van der Waals surface area contributed by atoms with E-state index in [2.05, 4.69) is 11.8 Å². The first-order valence-electron chi connectivity index (χ1n) is 5.31. The number of nitrogens with zero attached hydrogens (tertiary/aromatic N) is 1. The number of carbonyl (C=O) groups is 1. The van der Waals surface area contributed by atoms with Gasteiger partial charge in [-0.25, -0.2) is 4.79 Å². The molecule has 1 aliphatic rings. The third kappa shape index (κ3) is 1.96. The van der Waals surface area contributed by atoms with Crippen molar-refractivity contribution in [2.45, 2.75) is 19.4 Å². The number of hydrogen-bond acceptors (Lipinski definition) is 3. The van der Waals surface area contributed by atoms with E-state index in [1.165, 1.54) is 0 Å². The molecule has 0 spiro atoms. The highest BCUT2D eigenvalue weighted by molar-refractivity contribution is 5.81. The lowest BCUT2D eigenvalue weighted by Gasteiger charge is -2.26. The predicted octanol–water partition coefficient (Wildman–Crippen LogP) is 1.83. The Morgan fingerprint density at radius 1 is 1.40 bits per heavy atom. The molecule has 0 aromatic heterocycles. The van der Waals surface area contributed by atoms with Crippen LogP contribution in [-0.2, 0) is 9.53 Å².